The number of nitrogens with one attached hydrogen (secondary N) is 1. The number of carbonyl (C=O) groups is 1. The molecule has 3 aromatic carbocycles. The smallest absolute Gasteiger partial charge is 0.261 e. The molecule has 3 rings (SSSR count). The van der Waals surface area contributed by atoms with E-state index in [9.17, 15) is 4.79 Å². The van der Waals surface area contributed by atoms with Crippen LogP contribution in [-0.4, -0.2) is 12.0 Å². The van der Waals surface area contributed by atoms with Gasteiger partial charge in [0.1, 0.15) is 5.75 Å². The highest BCUT2D eigenvalue weighted by atomic mass is 16.5. The first kappa shape index (κ1) is 19.0. The molecule has 0 fully saturated rings. The van der Waals surface area contributed by atoms with Gasteiger partial charge in [0.25, 0.3) is 5.91 Å². The third-order valence-corrected chi connectivity index (χ3v) is 4.93. The summed E-state index contributed by atoms with van der Waals surface area (Å²) in [6.45, 7) is 8.04. The Balaban J connectivity index is 1.69. The van der Waals surface area contributed by atoms with E-state index >= 15 is 0 Å². The lowest BCUT2D eigenvalue weighted by molar-refractivity contribution is -0.128. The van der Waals surface area contributed by atoms with E-state index in [0.29, 0.717) is 5.75 Å². The molecule has 2 atom stereocenters. The van der Waals surface area contributed by atoms with Crippen molar-refractivity contribution >= 4 is 16.7 Å². The Labute approximate surface area is 161 Å². The largest absolute Gasteiger partial charge is 0.481 e. The van der Waals surface area contributed by atoms with E-state index < -0.39 is 6.10 Å². The van der Waals surface area contributed by atoms with Crippen LogP contribution in [0, 0.1) is 13.8 Å². The predicted molar refractivity (Wildman–Crippen MR) is 111 cm³/mol. The minimum absolute atomic E-state index is 0.0132. The Morgan fingerprint density at radius 1 is 1.00 bits per heavy atom. The monoisotopic (exact) mass is 361 g/mol. The van der Waals surface area contributed by atoms with E-state index in [0.717, 1.165) is 22.8 Å². The number of hydrogen-bond acceptors (Lipinski definition) is 2. The molecule has 3 aromatic rings. The van der Waals surface area contributed by atoms with E-state index in [-0.39, 0.29) is 11.9 Å². The molecule has 27 heavy (non-hydrogen) atoms. The summed E-state index contributed by atoms with van der Waals surface area (Å²) in [5.74, 6) is 0.603. The SMILES string of the molecule is CC[C@H](NC(=O)[C@H](C)Oc1ccc2ccccc2c1)c1ccc(C)cc1C. The van der Waals surface area contributed by atoms with Crippen molar-refractivity contribution in [2.24, 2.45) is 0 Å². The summed E-state index contributed by atoms with van der Waals surface area (Å²) in [7, 11) is 0. The van der Waals surface area contributed by atoms with Gasteiger partial charge in [-0.2, -0.15) is 0 Å². The van der Waals surface area contributed by atoms with Gasteiger partial charge in [-0.25, -0.2) is 0 Å². The molecule has 140 valence electrons. The molecule has 0 spiro atoms. The lowest BCUT2D eigenvalue weighted by Crippen LogP contribution is -2.38. The molecule has 3 nitrogen and oxygen atoms in total. The quantitative estimate of drug-likeness (QED) is 0.630. The van der Waals surface area contributed by atoms with Gasteiger partial charge in [0, 0.05) is 0 Å². The zero-order valence-electron chi connectivity index (χ0n) is 16.5. The zero-order valence-corrected chi connectivity index (χ0v) is 16.5. The fourth-order valence-corrected chi connectivity index (χ4v) is 3.40. The molecule has 1 amide bonds. The lowest BCUT2D eigenvalue weighted by atomic mass is 9.97. The number of ether oxygens (including phenoxy) is 1. The standard InChI is InChI=1S/C24H27NO2/c1-5-23(22-13-10-16(2)14-17(22)3)25-24(26)18(4)27-21-12-11-19-8-6-7-9-20(19)15-21/h6-15,18,23H,5H2,1-4H3,(H,25,26)/t18-,23-/m0/s1. The summed E-state index contributed by atoms with van der Waals surface area (Å²) in [6, 6.07) is 20.3. The topological polar surface area (TPSA) is 38.3 Å². The van der Waals surface area contributed by atoms with Crippen LogP contribution in [0.4, 0.5) is 0 Å². The van der Waals surface area contributed by atoms with Crippen LogP contribution >= 0.6 is 0 Å². The van der Waals surface area contributed by atoms with Gasteiger partial charge in [-0.3, -0.25) is 4.79 Å². The fraction of sp³-hybridized carbons (Fsp3) is 0.292. The second-order valence-electron chi connectivity index (χ2n) is 7.10. The maximum absolute atomic E-state index is 12.7. The molecule has 0 saturated carbocycles. The van der Waals surface area contributed by atoms with Crippen molar-refractivity contribution in [1.82, 2.24) is 5.32 Å². The van der Waals surface area contributed by atoms with E-state index in [1.807, 2.05) is 36.4 Å². The van der Waals surface area contributed by atoms with E-state index in [1.165, 1.54) is 11.1 Å². The Bertz CT molecular complexity index is 948. The van der Waals surface area contributed by atoms with Crippen molar-refractivity contribution in [2.75, 3.05) is 0 Å². The van der Waals surface area contributed by atoms with Crippen LogP contribution in [0.2, 0.25) is 0 Å². The first-order chi connectivity index (χ1) is 13.0. The van der Waals surface area contributed by atoms with Crippen molar-refractivity contribution in [3.8, 4) is 5.75 Å². The van der Waals surface area contributed by atoms with Crippen molar-refractivity contribution in [3.63, 3.8) is 0 Å². The minimum Gasteiger partial charge on any atom is -0.481 e. The Kier molecular flexibility index (Phi) is 5.80. The van der Waals surface area contributed by atoms with Gasteiger partial charge in [-0.1, -0.05) is 61.0 Å². The van der Waals surface area contributed by atoms with E-state index in [2.05, 4.69) is 50.4 Å². The van der Waals surface area contributed by atoms with Crippen molar-refractivity contribution in [3.05, 3.63) is 77.4 Å². The zero-order chi connectivity index (χ0) is 19.4. The van der Waals surface area contributed by atoms with Crippen LogP contribution in [0.1, 0.15) is 43.0 Å². The highest BCUT2D eigenvalue weighted by Crippen LogP contribution is 2.23. The lowest BCUT2D eigenvalue weighted by Gasteiger charge is -2.22. The van der Waals surface area contributed by atoms with Crippen LogP contribution in [0.3, 0.4) is 0 Å². The number of hydrogen-bond donors (Lipinski definition) is 1. The van der Waals surface area contributed by atoms with E-state index in [1.54, 1.807) is 6.92 Å². The maximum atomic E-state index is 12.7. The first-order valence-electron chi connectivity index (χ1n) is 9.51. The molecule has 0 bridgehead atoms. The number of aryl methyl sites for hydroxylation is 2. The summed E-state index contributed by atoms with van der Waals surface area (Å²) >= 11 is 0. The van der Waals surface area contributed by atoms with Gasteiger partial charge >= 0.3 is 0 Å². The van der Waals surface area contributed by atoms with Crippen LogP contribution in [-0.2, 0) is 4.79 Å². The summed E-state index contributed by atoms with van der Waals surface area (Å²) in [6.07, 6.45) is 0.268. The van der Waals surface area contributed by atoms with Gasteiger partial charge in [0.15, 0.2) is 6.10 Å². The second-order valence-corrected chi connectivity index (χ2v) is 7.10. The van der Waals surface area contributed by atoms with Crippen molar-refractivity contribution < 1.29 is 9.53 Å². The Hall–Kier alpha value is -2.81. The fourth-order valence-electron chi connectivity index (χ4n) is 3.40. The average Bonchev–Trinajstić information content (AvgIpc) is 2.66. The number of carbonyl (C=O) groups excluding carboxylic acids is 1. The summed E-state index contributed by atoms with van der Waals surface area (Å²) in [5, 5.41) is 5.39. The van der Waals surface area contributed by atoms with Gasteiger partial charge < -0.3 is 10.1 Å². The molecule has 3 heteroatoms. The molecule has 0 radical (unpaired) electrons. The van der Waals surface area contributed by atoms with Gasteiger partial charge in [0.05, 0.1) is 6.04 Å². The normalized spacial score (nSPS) is 13.2. The van der Waals surface area contributed by atoms with Gasteiger partial charge in [-0.05, 0) is 61.2 Å². The first-order valence-corrected chi connectivity index (χ1v) is 9.51. The van der Waals surface area contributed by atoms with Crippen LogP contribution in [0.25, 0.3) is 10.8 Å². The maximum Gasteiger partial charge on any atom is 0.261 e. The average molecular weight is 361 g/mol. The molecule has 0 aliphatic heterocycles. The summed E-state index contributed by atoms with van der Waals surface area (Å²) < 4.78 is 5.90. The second kappa shape index (κ2) is 8.26. The number of fused-ring (bicyclic) bond motifs is 1. The van der Waals surface area contributed by atoms with Crippen molar-refractivity contribution in [2.45, 2.75) is 46.3 Å². The minimum atomic E-state index is -0.564. The summed E-state index contributed by atoms with van der Waals surface area (Å²) in [5.41, 5.74) is 3.59. The summed E-state index contributed by atoms with van der Waals surface area (Å²) in [4.78, 5) is 12.7. The van der Waals surface area contributed by atoms with Crippen LogP contribution in [0.5, 0.6) is 5.75 Å². The molecule has 0 unspecified atom stereocenters. The molecular weight excluding hydrogens is 334 g/mol. The Morgan fingerprint density at radius 3 is 2.44 bits per heavy atom. The third kappa shape index (κ3) is 4.48. The molecule has 0 saturated heterocycles. The Morgan fingerprint density at radius 2 is 1.74 bits per heavy atom. The highest BCUT2D eigenvalue weighted by Gasteiger charge is 2.20. The van der Waals surface area contributed by atoms with Gasteiger partial charge in [-0.15, -0.1) is 0 Å². The molecule has 0 aliphatic carbocycles. The highest BCUT2D eigenvalue weighted by molar-refractivity contribution is 5.84. The van der Waals surface area contributed by atoms with Gasteiger partial charge in [0.2, 0.25) is 0 Å². The predicted octanol–water partition coefficient (Wildman–Crippen LogP) is 5.49. The molecule has 1 N–H and O–H groups in total. The number of amides is 1. The molecule has 0 aromatic heterocycles. The molecular formula is C24H27NO2. The molecule has 0 heterocycles. The number of rotatable bonds is 6. The third-order valence-electron chi connectivity index (χ3n) is 4.93. The van der Waals surface area contributed by atoms with Crippen LogP contribution < -0.4 is 10.1 Å². The number of benzene rings is 3. The molecule has 0 aliphatic rings. The van der Waals surface area contributed by atoms with E-state index in [4.69, 9.17) is 4.74 Å². The van der Waals surface area contributed by atoms with Crippen LogP contribution in [0.15, 0.2) is 60.7 Å². The van der Waals surface area contributed by atoms with Crippen molar-refractivity contribution in [1.29, 1.82) is 0 Å².